The fraction of sp³-hybridized carbons (Fsp3) is 0.462. The number of fused-ring (bicyclic) bond motifs is 1. The topological polar surface area (TPSA) is 91.0 Å². The third kappa shape index (κ3) is 6.72. The van der Waals surface area contributed by atoms with Gasteiger partial charge in [-0.15, -0.1) is 0 Å². The van der Waals surface area contributed by atoms with E-state index in [0.29, 0.717) is 19.1 Å². The summed E-state index contributed by atoms with van der Waals surface area (Å²) in [7, 11) is 7.27. The Balaban J connectivity index is 1.30. The summed E-state index contributed by atoms with van der Waals surface area (Å²) in [5.41, 5.74) is 8.06. The first-order valence-electron chi connectivity index (χ1n) is 16.6. The van der Waals surface area contributed by atoms with Crippen molar-refractivity contribution in [1.29, 1.82) is 5.26 Å². The van der Waals surface area contributed by atoms with E-state index >= 15 is 0 Å². The van der Waals surface area contributed by atoms with Gasteiger partial charge in [-0.05, 0) is 79.1 Å². The Hall–Kier alpha value is -4.55. The lowest BCUT2D eigenvalue weighted by atomic mass is 9.90. The normalized spacial score (nSPS) is 17.0. The van der Waals surface area contributed by atoms with Crippen molar-refractivity contribution in [3.8, 4) is 28.7 Å². The number of amides is 1. The largest absolute Gasteiger partial charge is 0.496 e. The van der Waals surface area contributed by atoms with E-state index < -0.39 is 0 Å². The van der Waals surface area contributed by atoms with Crippen LogP contribution in [0, 0.1) is 30.6 Å². The average molecular weight is 652 g/mol. The van der Waals surface area contributed by atoms with E-state index in [1.807, 2.05) is 57.8 Å². The van der Waals surface area contributed by atoms with Gasteiger partial charge in [0.15, 0.2) is 0 Å². The number of nitriles is 1. The number of hydrogen-bond acceptors (Lipinski definition) is 7. The molecule has 0 bridgehead atoms. The highest BCUT2D eigenvalue weighted by Crippen LogP contribution is 2.39. The number of rotatable bonds is 8. The van der Waals surface area contributed by atoms with Gasteiger partial charge in [-0.2, -0.15) is 5.26 Å². The highest BCUT2D eigenvalue weighted by atomic mass is 16.5. The quantitative estimate of drug-likeness (QED) is 0.220. The Labute approximate surface area is 285 Å². The van der Waals surface area contributed by atoms with Gasteiger partial charge in [0.25, 0.3) is 11.5 Å². The highest BCUT2D eigenvalue weighted by molar-refractivity contribution is 5.97. The van der Waals surface area contributed by atoms with Crippen molar-refractivity contribution in [2.75, 3.05) is 45.8 Å². The summed E-state index contributed by atoms with van der Waals surface area (Å²) in [6, 6.07) is 13.0. The summed E-state index contributed by atoms with van der Waals surface area (Å²) in [6.45, 7) is 14.9. The number of pyridine rings is 1. The molecule has 9 heteroatoms. The third-order valence-corrected chi connectivity index (χ3v) is 9.98. The molecule has 0 unspecified atom stereocenters. The molecule has 0 spiro atoms. The van der Waals surface area contributed by atoms with Crippen molar-refractivity contribution >= 4 is 11.6 Å². The van der Waals surface area contributed by atoms with Gasteiger partial charge in [-0.3, -0.25) is 14.5 Å². The standard InChI is InChI=1S/C39H49N5O4/c1-24-25(2)37(45)41(7)22-33(24)28-15-35(47-9)34(36(16-28)48-10)23-43-20-31(21-43)42(8)30-12-11-27-13-14-44(26(3)32(27)17-30)38(46)29(19-40)18-39(4,5)6/h11-12,15-18,22,26,31H,13-14,20-21,23H2,1-10H3/b29-18+/t26-/m0/s1. The number of likely N-dealkylation sites (tertiary alicyclic amines) is 1. The number of likely N-dealkylation sites (N-methyl/N-ethyl adjacent to an activating group) is 1. The van der Waals surface area contributed by atoms with Crippen molar-refractivity contribution in [2.24, 2.45) is 12.5 Å². The number of allylic oxidation sites excluding steroid dienone is 1. The lowest BCUT2D eigenvalue weighted by Crippen LogP contribution is -2.58. The highest BCUT2D eigenvalue weighted by Gasteiger charge is 2.34. The van der Waals surface area contributed by atoms with Crippen molar-refractivity contribution in [3.63, 3.8) is 0 Å². The van der Waals surface area contributed by atoms with Crippen LogP contribution in [0.1, 0.15) is 61.6 Å². The molecule has 2 aliphatic heterocycles. The van der Waals surface area contributed by atoms with E-state index in [4.69, 9.17) is 9.47 Å². The van der Waals surface area contributed by atoms with Crippen LogP contribution in [0.5, 0.6) is 11.5 Å². The van der Waals surface area contributed by atoms with Gasteiger partial charge >= 0.3 is 0 Å². The zero-order valence-electron chi connectivity index (χ0n) is 30.1. The number of carbonyl (C=O) groups excluding carboxylic acids is 1. The lowest BCUT2D eigenvalue weighted by Gasteiger charge is -2.45. The number of ether oxygens (including phenoxy) is 2. The molecule has 1 atom stereocenters. The van der Waals surface area contributed by atoms with E-state index in [2.05, 4.69) is 48.0 Å². The molecule has 3 aromatic rings. The summed E-state index contributed by atoms with van der Waals surface area (Å²) < 4.78 is 13.4. The smallest absolute Gasteiger partial charge is 0.264 e. The van der Waals surface area contributed by atoms with Crippen LogP contribution in [0.3, 0.4) is 0 Å². The predicted octanol–water partition coefficient (Wildman–Crippen LogP) is 5.95. The van der Waals surface area contributed by atoms with Crippen LogP contribution in [0.25, 0.3) is 11.1 Å². The summed E-state index contributed by atoms with van der Waals surface area (Å²) in [5, 5.41) is 9.75. The van der Waals surface area contributed by atoms with Gasteiger partial charge in [0.05, 0.1) is 31.9 Å². The SMILES string of the molecule is COc1cc(-c2cn(C)c(=O)c(C)c2C)cc(OC)c1CN1CC(N(C)c2ccc3c(c2)[C@H](C)N(C(=O)/C(C#N)=C/C(C)(C)C)CC3)C1. The molecule has 1 amide bonds. The molecule has 0 N–H and O–H groups in total. The van der Waals surface area contributed by atoms with Gasteiger partial charge < -0.3 is 23.8 Å². The molecule has 1 fully saturated rings. The number of anilines is 1. The minimum Gasteiger partial charge on any atom is -0.496 e. The van der Waals surface area contributed by atoms with Crippen molar-refractivity contribution in [2.45, 2.75) is 66.6 Å². The first-order chi connectivity index (χ1) is 22.7. The Morgan fingerprint density at radius 2 is 1.73 bits per heavy atom. The molecule has 1 saturated heterocycles. The third-order valence-electron chi connectivity index (χ3n) is 9.98. The Morgan fingerprint density at radius 3 is 2.31 bits per heavy atom. The summed E-state index contributed by atoms with van der Waals surface area (Å²) >= 11 is 0. The second-order valence-corrected chi connectivity index (χ2v) is 14.4. The van der Waals surface area contributed by atoms with Crippen molar-refractivity contribution in [1.82, 2.24) is 14.4 Å². The maximum atomic E-state index is 13.4. The zero-order valence-corrected chi connectivity index (χ0v) is 30.1. The Morgan fingerprint density at radius 1 is 1.08 bits per heavy atom. The molecule has 254 valence electrons. The first kappa shape index (κ1) is 34.8. The Kier molecular flexibility index (Phi) is 9.79. The first-order valence-corrected chi connectivity index (χ1v) is 16.6. The average Bonchev–Trinajstić information content (AvgIpc) is 3.04. The fourth-order valence-electron chi connectivity index (χ4n) is 6.94. The molecule has 0 radical (unpaired) electrons. The molecule has 1 aromatic heterocycles. The maximum Gasteiger partial charge on any atom is 0.264 e. The van der Waals surface area contributed by atoms with Crippen LogP contribution in [0.4, 0.5) is 5.69 Å². The summed E-state index contributed by atoms with van der Waals surface area (Å²) in [4.78, 5) is 32.4. The number of aromatic nitrogens is 1. The number of methoxy groups -OCH3 is 2. The number of hydrogen-bond donors (Lipinski definition) is 0. The Bertz CT molecular complexity index is 1830. The minimum atomic E-state index is -0.257. The number of nitrogens with zero attached hydrogens (tertiary/aromatic N) is 5. The van der Waals surface area contributed by atoms with Crippen LogP contribution < -0.4 is 19.9 Å². The molecule has 2 aliphatic rings. The van der Waals surface area contributed by atoms with Crippen LogP contribution in [-0.2, 0) is 24.8 Å². The predicted molar refractivity (Wildman–Crippen MR) is 191 cm³/mol. The van der Waals surface area contributed by atoms with E-state index in [-0.39, 0.29) is 28.5 Å². The van der Waals surface area contributed by atoms with Crippen molar-refractivity contribution < 1.29 is 14.3 Å². The second-order valence-electron chi connectivity index (χ2n) is 14.4. The monoisotopic (exact) mass is 651 g/mol. The van der Waals surface area contributed by atoms with Gasteiger partial charge in [-0.25, -0.2) is 0 Å². The fourth-order valence-corrected chi connectivity index (χ4v) is 6.94. The summed E-state index contributed by atoms with van der Waals surface area (Å²) in [5.74, 6) is 1.32. The molecule has 48 heavy (non-hydrogen) atoms. The van der Waals surface area contributed by atoms with E-state index in [1.54, 1.807) is 31.9 Å². The van der Waals surface area contributed by atoms with E-state index in [1.165, 1.54) is 5.56 Å². The van der Waals surface area contributed by atoms with Gasteiger partial charge in [0.2, 0.25) is 0 Å². The van der Waals surface area contributed by atoms with E-state index in [0.717, 1.165) is 70.1 Å². The van der Waals surface area contributed by atoms with Crippen molar-refractivity contribution in [3.05, 3.63) is 86.3 Å². The van der Waals surface area contributed by atoms with Gasteiger partial charge in [-0.1, -0.05) is 32.9 Å². The number of aryl methyl sites for hydroxylation is 1. The van der Waals surface area contributed by atoms with Crippen LogP contribution >= 0.6 is 0 Å². The molecular formula is C39H49N5O4. The van der Waals surface area contributed by atoms with E-state index in [9.17, 15) is 14.9 Å². The van der Waals surface area contributed by atoms with Crippen LogP contribution in [0.2, 0.25) is 0 Å². The second kappa shape index (κ2) is 13.5. The molecule has 0 saturated carbocycles. The van der Waals surface area contributed by atoms with Gasteiger partial charge in [0.1, 0.15) is 23.1 Å². The van der Waals surface area contributed by atoms with Crippen LogP contribution in [-0.4, -0.2) is 67.2 Å². The summed E-state index contributed by atoms with van der Waals surface area (Å²) in [6.07, 6.45) is 4.42. The maximum absolute atomic E-state index is 13.4. The molecule has 0 aliphatic carbocycles. The molecule has 2 aromatic carbocycles. The van der Waals surface area contributed by atoms with Crippen LogP contribution in [0.15, 0.2) is 53.0 Å². The minimum absolute atomic E-state index is 0.00398. The lowest BCUT2D eigenvalue weighted by molar-refractivity contribution is -0.129. The number of carbonyl (C=O) groups is 1. The molecule has 5 rings (SSSR count). The molecule has 3 heterocycles. The molecular weight excluding hydrogens is 602 g/mol. The number of benzene rings is 2. The van der Waals surface area contributed by atoms with Gasteiger partial charge in [0, 0.05) is 63.3 Å². The molecule has 9 nitrogen and oxygen atoms in total. The zero-order chi connectivity index (χ0) is 35.1.